The van der Waals surface area contributed by atoms with Crippen molar-refractivity contribution in [2.24, 2.45) is 0 Å². The molecule has 0 fully saturated rings. The Bertz CT molecular complexity index is 622. The van der Waals surface area contributed by atoms with Crippen molar-refractivity contribution in [3.63, 3.8) is 0 Å². The Labute approximate surface area is 123 Å². The van der Waals surface area contributed by atoms with Gasteiger partial charge in [-0.05, 0) is 38.5 Å². The van der Waals surface area contributed by atoms with Gasteiger partial charge in [-0.1, -0.05) is 11.2 Å². The lowest BCUT2D eigenvalue weighted by Crippen LogP contribution is -2.26. The van der Waals surface area contributed by atoms with E-state index in [2.05, 4.69) is 20.8 Å². The third-order valence-corrected chi connectivity index (χ3v) is 2.98. The van der Waals surface area contributed by atoms with E-state index in [0.29, 0.717) is 30.2 Å². The second kappa shape index (κ2) is 6.88. The molecule has 0 aliphatic rings. The molecule has 0 saturated heterocycles. The Morgan fingerprint density at radius 2 is 2.14 bits per heavy atom. The second-order valence-corrected chi connectivity index (χ2v) is 4.82. The van der Waals surface area contributed by atoms with Crippen LogP contribution in [0.3, 0.4) is 0 Å². The molecule has 0 aliphatic carbocycles. The molecule has 6 heteroatoms. The Morgan fingerprint density at radius 1 is 1.33 bits per heavy atom. The fraction of sp³-hybridized carbons (Fsp3) is 0.400. The SMILES string of the molecule is CCNc1cc(C)ccc1C(=O)NCCc1nc(C)no1. The average Bonchev–Trinajstić information content (AvgIpc) is 2.85. The van der Waals surface area contributed by atoms with Crippen molar-refractivity contribution < 1.29 is 9.32 Å². The molecule has 0 radical (unpaired) electrons. The smallest absolute Gasteiger partial charge is 0.253 e. The average molecular weight is 288 g/mol. The molecule has 2 aromatic rings. The molecule has 1 aromatic carbocycles. The zero-order chi connectivity index (χ0) is 15.2. The van der Waals surface area contributed by atoms with Gasteiger partial charge in [0.1, 0.15) is 0 Å². The van der Waals surface area contributed by atoms with Crippen LogP contribution < -0.4 is 10.6 Å². The van der Waals surface area contributed by atoms with E-state index >= 15 is 0 Å². The standard InChI is InChI=1S/C15H20N4O2/c1-4-16-13-9-10(2)5-6-12(13)15(20)17-8-7-14-18-11(3)19-21-14/h5-6,9,16H,4,7-8H2,1-3H3,(H,17,20). The van der Waals surface area contributed by atoms with Crippen LogP contribution in [-0.2, 0) is 6.42 Å². The number of aryl methyl sites for hydroxylation is 2. The molecule has 0 unspecified atom stereocenters. The highest BCUT2D eigenvalue weighted by Crippen LogP contribution is 2.17. The topological polar surface area (TPSA) is 80.0 Å². The summed E-state index contributed by atoms with van der Waals surface area (Å²) in [5.74, 6) is 1.02. The van der Waals surface area contributed by atoms with Gasteiger partial charge in [0.05, 0.1) is 5.56 Å². The molecular weight excluding hydrogens is 268 g/mol. The van der Waals surface area contributed by atoms with Crippen LogP contribution in [0.5, 0.6) is 0 Å². The fourth-order valence-electron chi connectivity index (χ4n) is 2.01. The number of hydrogen-bond acceptors (Lipinski definition) is 5. The number of carbonyl (C=O) groups is 1. The van der Waals surface area contributed by atoms with Gasteiger partial charge in [-0.3, -0.25) is 4.79 Å². The highest BCUT2D eigenvalue weighted by atomic mass is 16.5. The molecule has 0 saturated carbocycles. The van der Waals surface area contributed by atoms with Crippen LogP contribution >= 0.6 is 0 Å². The summed E-state index contributed by atoms with van der Waals surface area (Å²) in [7, 11) is 0. The molecule has 1 heterocycles. The zero-order valence-corrected chi connectivity index (χ0v) is 12.6. The predicted octanol–water partition coefficient (Wildman–Crippen LogP) is 2.09. The Kier molecular flexibility index (Phi) is 4.92. The molecule has 2 N–H and O–H groups in total. The van der Waals surface area contributed by atoms with E-state index in [0.717, 1.165) is 17.8 Å². The molecule has 0 atom stereocenters. The summed E-state index contributed by atoms with van der Waals surface area (Å²) < 4.78 is 5.01. The van der Waals surface area contributed by atoms with Gasteiger partial charge in [0.2, 0.25) is 5.89 Å². The molecular formula is C15H20N4O2. The summed E-state index contributed by atoms with van der Waals surface area (Å²) in [6.07, 6.45) is 0.523. The summed E-state index contributed by atoms with van der Waals surface area (Å²) in [5, 5.41) is 9.79. The quantitative estimate of drug-likeness (QED) is 0.850. The molecule has 0 aliphatic heterocycles. The number of nitrogens with zero attached hydrogens (tertiary/aromatic N) is 2. The fourth-order valence-corrected chi connectivity index (χ4v) is 2.01. The predicted molar refractivity (Wildman–Crippen MR) is 80.4 cm³/mol. The number of aromatic nitrogens is 2. The Morgan fingerprint density at radius 3 is 2.81 bits per heavy atom. The van der Waals surface area contributed by atoms with Crippen molar-refractivity contribution in [3.05, 3.63) is 41.0 Å². The highest BCUT2D eigenvalue weighted by molar-refractivity contribution is 5.99. The molecule has 6 nitrogen and oxygen atoms in total. The first-order valence-corrected chi connectivity index (χ1v) is 7.02. The van der Waals surface area contributed by atoms with Crippen molar-refractivity contribution in [2.75, 3.05) is 18.4 Å². The molecule has 0 spiro atoms. The monoisotopic (exact) mass is 288 g/mol. The summed E-state index contributed by atoms with van der Waals surface area (Å²) in [6.45, 7) is 6.99. The van der Waals surface area contributed by atoms with E-state index in [9.17, 15) is 4.79 Å². The maximum absolute atomic E-state index is 12.2. The normalized spacial score (nSPS) is 10.4. The summed E-state index contributed by atoms with van der Waals surface area (Å²) in [5.41, 5.74) is 2.61. The number of anilines is 1. The number of benzene rings is 1. The van der Waals surface area contributed by atoms with Gasteiger partial charge in [0.25, 0.3) is 5.91 Å². The third kappa shape index (κ3) is 4.05. The van der Waals surface area contributed by atoms with Crippen LogP contribution in [0, 0.1) is 13.8 Å². The Balaban J connectivity index is 1.96. The van der Waals surface area contributed by atoms with Crippen LogP contribution in [0.15, 0.2) is 22.7 Å². The van der Waals surface area contributed by atoms with E-state index in [1.807, 2.05) is 32.0 Å². The van der Waals surface area contributed by atoms with Gasteiger partial charge in [-0.15, -0.1) is 0 Å². The Hall–Kier alpha value is -2.37. The van der Waals surface area contributed by atoms with Gasteiger partial charge in [0.15, 0.2) is 5.82 Å². The van der Waals surface area contributed by atoms with Gasteiger partial charge >= 0.3 is 0 Å². The largest absolute Gasteiger partial charge is 0.385 e. The maximum atomic E-state index is 12.2. The molecule has 112 valence electrons. The lowest BCUT2D eigenvalue weighted by molar-refractivity contribution is 0.0954. The first kappa shape index (κ1) is 15.0. The van der Waals surface area contributed by atoms with Crippen LogP contribution in [0.25, 0.3) is 0 Å². The van der Waals surface area contributed by atoms with Crippen molar-refractivity contribution in [3.8, 4) is 0 Å². The number of amides is 1. The van der Waals surface area contributed by atoms with E-state index in [1.54, 1.807) is 6.92 Å². The van der Waals surface area contributed by atoms with Gasteiger partial charge in [-0.2, -0.15) is 4.98 Å². The van der Waals surface area contributed by atoms with Crippen LogP contribution in [0.1, 0.15) is 34.6 Å². The summed E-state index contributed by atoms with van der Waals surface area (Å²) >= 11 is 0. The number of carbonyl (C=O) groups excluding carboxylic acids is 1. The van der Waals surface area contributed by atoms with Crippen molar-refractivity contribution in [1.29, 1.82) is 0 Å². The van der Waals surface area contributed by atoms with Crippen LogP contribution in [0.4, 0.5) is 5.69 Å². The number of rotatable bonds is 6. The van der Waals surface area contributed by atoms with Crippen molar-refractivity contribution in [1.82, 2.24) is 15.5 Å². The van der Waals surface area contributed by atoms with Gasteiger partial charge in [0, 0.05) is 25.2 Å². The lowest BCUT2D eigenvalue weighted by atomic mass is 10.1. The number of hydrogen-bond donors (Lipinski definition) is 2. The van der Waals surface area contributed by atoms with Crippen LogP contribution in [0.2, 0.25) is 0 Å². The molecule has 0 bridgehead atoms. The summed E-state index contributed by atoms with van der Waals surface area (Å²) in [4.78, 5) is 16.3. The van der Waals surface area contributed by atoms with E-state index < -0.39 is 0 Å². The van der Waals surface area contributed by atoms with Gasteiger partial charge in [-0.25, -0.2) is 0 Å². The molecule has 1 aromatic heterocycles. The van der Waals surface area contributed by atoms with Crippen LogP contribution in [-0.4, -0.2) is 29.1 Å². The lowest BCUT2D eigenvalue weighted by Gasteiger charge is -2.11. The first-order valence-electron chi connectivity index (χ1n) is 7.02. The van der Waals surface area contributed by atoms with E-state index in [-0.39, 0.29) is 5.91 Å². The summed E-state index contributed by atoms with van der Waals surface area (Å²) in [6, 6.07) is 5.73. The minimum absolute atomic E-state index is 0.109. The first-order chi connectivity index (χ1) is 10.1. The van der Waals surface area contributed by atoms with Gasteiger partial charge < -0.3 is 15.2 Å². The third-order valence-electron chi connectivity index (χ3n) is 2.98. The van der Waals surface area contributed by atoms with E-state index in [4.69, 9.17) is 4.52 Å². The van der Waals surface area contributed by atoms with Crippen molar-refractivity contribution >= 4 is 11.6 Å². The minimum atomic E-state index is -0.109. The molecule has 1 amide bonds. The second-order valence-electron chi connectivity index (χ2n) is 4.82. The number of nitrogens with one attached hydrogen (secondary N) is 2. The molecule has 21 heavy (non-hydrogen) atoms. The van der Waals surface area contributed by atoms with Crippen molar-refractivity contribution in [2.45, 2.75) is 27.2 Å². The van der Waals surface area contributed by atoms with E-state index in [1.165, 1.54) is 0 Å². The highest BCUT2D eigenvalue weighted by Gasteiger charge is 2.11. The minimum Gasteiger partial charge on any atom is -0.385 e. The maximum Gasteiger partial charge on any atom is 0.253 e. The molecule has 2 rings (SSSR count). The zero-order valence-electron chi connectivity index (χ0n) is 12.6.